The van der Waals surface area contributed by atoms with Crippen molar-refractivity contribution in [3.05, 3.63) is 36.5 Å². The molecular weight excluding hydrogens is 544 g/mol. The van der Waals surface area contributed by atoms with Crippen LogP contribution in [0.5, 0.6) is 0 Å². The molecule has 44 heavy (non-hydrogen) atoms. The molecule has 0 aliphatic rings. The summed E-state index contributed by atoms with van der Waals surface area (Å²) in [5.41, 5.74) is 0. The molecule has 0 aromatic carbocycles. The number of aliphatic hydroxyl groups excluding tert-OH is 1. The third-order valence-electron chi connectivity index (χ3n) is 8.19. The lowest BCUT2D eigenvalue weighted by atomic mass is 10.1. The van der Waals surface area contributed by atoms with Gasteiger partial charge in [-0.25, -0.2) is 0 Å². The lowest BCUT2D eigenvalue weighted by Gasteiger charge is -2.15. The summed E-state index contributed by atoms with van der Waals surface area (Å²) in [5.74, 6) is -0.211. The highest BCUT2D eigenvalue weighted by Gasteiger charge is 2.13. The number of rotatable bonds is 35. The molecule has 258 valence electrons. The second kappa shape index (κ2) is 37.8. The minimum Gasteiger partial charge on any atom is -0.457 e. The van der Waals surface area contributed by atoms with E-state index in [1.54, 1.807) is 0 Å². The van der Waals surface area contributed by atoms with Crippen molar-refractivity contribution < 1.29 is 19.4 Å². The van der Waals surface area contributed by atoms with Crippen LogP contribution < -0.4 is 0 Å². The SMILES string of the molecule is CCCCCC/C=C\C/C=C\CCCCCCCCCC(=O)OC(CO)COCCCCCCCC/C=C\CCCCCC. The van der Waals surface area contributed by atoms with Crippen molar-refractivity contribution in [1.29, 1.82) is 0 Å². The summed E-state index contributed by atoms with van der Waals surface area (Å²) in [6.45, 7) is 5.30. The summed E-state index contributed by atoms with van der Waals surface area (Å²) in [4.78, 5) is 12.2. The topological polar surface area (TPSA) is 55.8 Å². The number of carbonyl (C=O) groups is 1. The number of allylic oxidation sites excluding steroid dienone is 6. The van der Waals surface area contributed by atoms with Crippen LogP contribution >= 0.6 is 0 Å². The number of aliphatic hydroxyl groups is 1. The van der Waals surface area contributed by atoms with Gasteiger partial charge in [0.25, 0.3) is 0 Å². The molecule has 0 radical (unpaired) electrons. The van der Waals surface area contributed by atoms with Gasteiger partial charge in [0.15, 0.2) is 0 Å². The zero-order valence-electron chi connectivity index (χ0n) is 29.4. The van der Waals surface area contributed by atoms with E-state index < -0.39 is 6.10 Å². The summed E-state index contributed by atoms with van der Waals surface area (Å²) < 4.78 is 11.1. The molecule has 0 amide bonds. The summed E-state index contributed by atoms with van der Waals surface area (Å²) >= 11 is 0. The molecule has 0 spiro atoms. The van der Waals surface area contributed by atoms with Crippen molar-refractivity contribution in [1.82, 2.24) is 0 Å². The molecule has 1 unspecified atom stereocenters. The van der Waals surface area contributed by atoms with Gasteiger partial charge in [0, 0.05) is 13.0 Å². The first-order valence-corrected chi connectivity index (χ1v) is 19.1. The largest absolute Gasteiger partial charge is 0.457 e. The van der Waals surface area contributed by atoms with Gasteiger partial charge in [0.1, 0.15) is 6.10 Å². The maximum Gasteiger partial charge on any atom is 0.306 e. The van der Waals surface area contributed by atoms with Crippen LogP contribution in [0.4, 0.5) is 0 Å². The lowest BCUT2D eigenvalue weighted by molar-refractivity contribution is -0.154. The Morgan fingerprint density at radius 3 is 1.43 bits per heavy atom. The Labute approximate surface area is 274 Å². The molecule has 0 saturated carbocycles. The highest BCUT2D eigenvalue weighted by Crippen LogP contribution is 2.12. The van der Waals surface area contributed by atoms with Crippen LogP contribution in [0.25, 0.3) is 0 Å². The highest BCUT2D eigenvalue weighted by molar-refractivity contribution is 5.69. The van der Waals surface area contributed by atoms with Crippen LogP contribution in [0.3, 0.4) is 0 Å². The molecule has 0 rings (SSSR count). The number of unbranched alkanes of at least 4 members (excludes halogenated alkanes) is 21. The Bertz CT molecular complexity index is 654. The maximum absolute atomic E-state index is 12.2. The minimum absolute atomic E-state index is 0.177. The monoisotopic (exact) mass is 619 g/mol. The van der Waals surface area contributed by atoms with Crippen LogP contribution in [-0.4, -0.2) is 37.0 Å². The highest BCUT2D eigenvalue weighted by atomic mass is 16.6. The molecule has 0 aliphatic heterocycles. The second-order valence-corrected chi connectivity index (χ2v) is 12.6. The average Bonchev–Trinajstić information content (AvgIpc) is 3.03. The smallest absolute Gasteiger partial charge is 0.306 e. The number of hydrogen-bond acceptors (Lipinski definition) is 4. The van der Waals surface area contributed by atoms with Gasteiger partial charge in [-0.15, -0.1) is 0 Å². The van der Waals surface area contributed by atoms with E-state index in [-0.39, 0.29) is 19.2 Å². The van der Waals surface area contributed by atoms with E-state index in [0.29, 0.717) is 13.0 Å². The van der Waals surface area contributed by atoms with E-state index in [0.717, 1.165) is 25.7 Å². The summed E-state index contributed by atoms with van der Waals surface area (Å²) in [7, 11) is 0. The number of ether oxygens (including phenoxy) is 2. The van der Waals surface area contributed by atoms with E-state index in [1.165, 1.54) is 141 Å². The zero-order chi connectivity index (χ0) is 32.0. The quantitative estimate of drug-likeness (QED) is 0.0436. The second-order valence-electron chi connectivity index (χ2n) is 12.6. The molecule has 0 bridgehead atoms. The third kappa shape index (κ3) is 35.1. The first-order chi connectivity index (χ1) is 21.7. The normalized spacial score (nSPS) is 12.7. The van der Waals surface area contributed by atoms with E-state index in [9.17, 15) is 9.90 Å². The Morgan fingerprint density at radius 2 is 0.955 bits per heavy atom. The molecule has 0 aliphatic carbocycles. The Morgan fingerprint density at radius 1 is 0.545 bits per heavy atom. The Kier molecular flexibility index (Phi) is 36.6. The van der Waals surface area contributed by atoms with Gasteiger partial charge in [-0.1, -0.05) is 147 Å². The lowest BCUT2D eigenvalue weighted by Crippen LogP contribution is -2.27. The van der Waals surface area contributed by atoms with Crippen LogP contribution in [0.1, 0.15) is 187 Å². The molecule has 1 N–H and O–H groups in total. The van der Waals surface area contributed by atoms with Crippen molar-refractivity contribution in [3.63, 3.8) is 0 Å². The number of esters is 1. The van der Waals surface area contributed by atoms with Crippen molar-refractivity contribution in [3.8, 4) is 0 Å². The molecule has 4 nitrogen and oxygen atoms in total. The molecule has 0 saturated heterocycles. The van der Waals surface area contributed by atoms with Crippen LogP contribution in [-0.2, 0) is 14.3 Å². The van der Waals surface area contributed by atoms with Crippen molar-refractivity contribution in [2.75, 3.05) is 19.8 Å². The molecule has 0 fully saturated rings. The fourth-order valence-electron chi connectivity index (χ4n) is 5.29. The van der Waals surface area contributed by atoms with Crippen molar-refractivity contribution in [2.45, 2.75) is 193 Å². The minimum atomic E-state index is -0.539. The summed E-state index contributed by atoms with van der Waals surface area (Å²) in [6.07, 6.45) is 46.1. The Hall–Kier alpha value is -1.39. The Balaban J connectivity index is 3.47. The predicted octanol–water partition coefficient (Wildman–Crippen LogP) is 12.1. The maximum atomic E-state index is 12.2. The van der Waals surface area contributed by atoms with E-state index >= 15 is 0 Å². The van der Waals surface area contributed by atoms with E-state index in [1.807, 2.05) is 0 Å². The first-order valence-electron chi connectivity index (χ1n) is 19.1. The van der Waals surface area contributed by atoms with Gasteiger partial charge in [-0.3, -0.25) is 4.79 Å². The fourth-order valence-corrected chi connectivity index (χ4v) is 5.29. The average molecular weight is 619 g/mol. The van der Waals surface area contributed by atoms with Crippen LogP contribution in [0.2, 0.25) is 0 Å². The summed E-state index contributed by atoms with van der Waals surface area (Å²) in [5, 5.41) is 9.56. The van der Waals surface area contributed by atoms with E-state index in [4.69, 9.17) is 9.47 Å². The zero-order valence-corrected chi connectivity index (χ0v) is 29.4. The summed E-state index contributed by atoms with van der Waals surface area (Å²) in [6, 6.07) is 0. The van der Waals surface area contributed by atoms with Crippen molar-refractivity contribution in [2.24, 2.45) is 0 Å². The van der Waals surface area contributed by atoms with Gasteiger partial charge < -0.3 is 14.6 Å². The fraction of sp³-hybridized carbons (Fsp3) is 0.825. The van der Waals surface area contributed by atoms with Crippen molar-refractivity contribution >= 4 is 5.97 Å². The van der Waals surface area contributed by atoms with Gasteiger partial charge >= 0.3 is 5.97 Å². The van der Waals surface area contributed by atoms with Crippen LogP contribution in [0.15, 0.2) is 36.5 Å². The molecular formula is C40H74O4. The molecule has 0 heterocycles. The predicted molar refractivity (Wildman–Crippen MR) is 191 cm³/mol. The number of carbonyl (C=O) groups excluding carboxylic acids is 1. The number of hydrogen-bond donors (Lipinski definition) is 1. The van der Waals surface area contributed by atoms with Crippen LogP contribution in [0, 0.1) is 0 Å². The van der Waals surface area contributed by atoms with Gasteiger partial charge in [0.2, 0.25) is 0 Å². The standard InChI is InChI=1S/C40H74O4/c1-3-5-7-9-11-13-15-17-19-20-21-22-23-25-27-29-31-33-35-40(42)44-39(37-41)38-43-36-34-32-30-28-26-24-18-16-14-12-10-8-6-4-2/h13-16,19-20,39,41H,3-12,17-18,21-38H2,1-2H3/b15-13-,16-14-,20-19-. The third-order valence-corrected chi connectivity index (χ3v) is 8.19. The molecule has 1 atom stereocenters. The first kappa shape index (κ1) is 42.6. The molecule has 4 heteroatoms. The van der Waals surface area contributed by atoms with Gasteiger partial charge in [-0.2, -0.15) is 0 Å². The molecule has 0 aromatic heterocycles. The molecule has 0 aromatic rings. The van der Waals surface area contributed by atoms with E-state index in [2.05, 4.69) is 50.3 Å². The van der Waals surface area contributed by atoms with Gasteiger partial charge in [0.05, 0.1) is 13.2 Å². The van der Waals surface area contributed by atoms with Gasteiger partial charge in [-0.05, 0) is 70.6 Å².